The monoisotopic (exact) mass is 231 g/mol. The van der Waals surface area contributed by atoms with E-state index in [1.807, 2.05) is 0 Å². The molecule has 0 spiro atoms. The Morgan fingerprint density at radius 2 is 2.24 bits per heavy atom. The molecule has 2 nitrogen and oxygen atoms in total. The Labute approximate surface area is 103 Å². The molecule has 2 heteroatoms. The Bertz CT molecular complexity index is 402. The van der Waals surface area contributed by atoms with Gasteiger partial charge in [-0.2, -0.15) is 0 Å². The number of hydrogen-bond acceptors (Lipinski definition) is 2. The molecule has 1 saturated carbocycles. The summed E-state index contributed by atoms with van der Waals surface area (Å²) in [7, 11) is 0. The van der Waals surface area contributed by atoms with Crippen LogP contribution in [0.5, 0.6) is 5.75 Å². The third kappa shape index (κ3) is 2.41. The van der Waals surface area contributed by atoms with Crippen molar-refractivity contribution >= 4 is 5.69 Å². The highest BCUT2D eigenvalue weighted by Crippen LogP contribution is 2.31. The van der Waals surface area contributed by atoms with Gasteiger partial charge in [-0.1, -0.05) is 6.92 Å². The maximum Gasteiger partial charge on any atom is 0.120 e. The molecule has 0 radical (unpaired) electrons. The van der Waals surface area contributed by atoms with Crippen molar-refractivity contribution in [2.24, 2.45) is 5.92 Å². The van der Waals surface area contributed by atoms with Gasteiger partial charge >= 0.3 is 0 Å². The lowest BCUT2D eigenvalue weighted by Gasteiger charge is -2.20. The number of anilines is 1. The quantitative estimate of drug-likeness (QED) is 0.839. The number of ether oxygens (including phenoxy) is 1. The van der Waals surface area contributed by atoms with Crippen molar-refractivity contribution in [3.8, 4) is 5.75 Å². The van der Waals surface area contributed by atoms with Gasteiger partial charge < -0.3 is 10.1 Å². The molecule has 0 amide bonds. The summed E-state index contributed by atoms with van der Waals surface area (Å²) in [5, 5.41) is 3.43. The molecule has 0 bridgehead atoms. The Morgan fingerprint density at radius 1 is 1.29 bits per heavy atom. The molecule has 92 valence electrons. The zero-order valence-electron chi connectivity index (χ0n) is 10.5. The zero-order valence-corrected chi connectivity index (χ0v) is 10.5. The first-order chi connectivity index (χ1) is 8.31. The van der Waals surface area contributed by atoms with Crippen molar-refractivity contribution in [2.45, 2.75) is 45.1 Å². The highest BCUT2D eigenvalue weighted by Gasteiger charge is 2.23. The second-order valence-corrected chi connectivity index (χ2v) is 5.51. The molecule has 0 aromatic heterocycles. The van der Waals surface area contributed by atoms with Gasteiger partial charge in [-0.3, -0.25) is 0 Å². The van der Waals surface area contributed by atoms with Crippen LogP contribution in [0.2, 0.25) is 0 Å². The molecule has 1 aliphatic heterocycles. The number of nitrogens with one attached hydrogen (secondary N) is 1. The number of aryl methyl sites for hydroxylation is 1. The van der Waals surface area contributed by atoms with E-state index in [1.165, 1.54) is 43.4 Å². The third-order valence-corrected chi connectivity index (χ3v) is 3.96. The number of hydrogen-bond donors (Lipinski definition) is 1. The summed E-state index contributed by atoms with van der Waals surface area (Å²) in [6, 6.07) is 6.51. The second-order valence-electron chi connectivity index (χ2n) is 5.51. The third-order valence-electron chi connectivity index (χ3n) is 3.96. The van der Waals surface area contributed by atoms with Gasteiger partial charge in [0.05, 0.1) is 6.10 Å². The van der Waals surface area contributed by atoms with Crippen LogP contribution in [0, 0.1) is 5.92 Å². The van der Waals surface area contributed by atoms with E-state index < -0.39 is 0 Å². The van der Waals surface area contributed by atoms with E-state index in [0.717, 1.165) is 18.2 Å². The predicted octanol–water partition coefficient (Wildman–Crippen LogP) is 3.61. The van der Waals surface area contributed by atoms with Crippen LogP contribution in [0.25, 0.3) is 0 Å². The SMILES string of the molecule is CC1CCC(Oc2ccc3c(c2)CCCN3)C1. The molecule has 1 fully saturated rings. The molecule has 1 N–H and O–H groups in total. The maximum atomic E-state index is 6.08. The molecule has 2 aliphatic rings. The van der Waals surface area contributed by atoms with E-state index in [-0.39, 0.29) is 0 Å². The predicted molar refractivity (Wildman–Crippen MR) is 70.7 cm³/mol. The van der Waals surface area contributed by atoms with Crippen LogP contribution < -0.4 is 10.1 Å². The normalized spacial score (nSPS) is 27.4. The first-order valence-corrected chi connectivity index (χ1v) is 6.85. The molecule has 1 aromatic rings. The second kappa shape index (κ2) is 4.59. The van der Waals surface area contributed by atoms with Crippen LogP contribution >= 0.6 is 0 Å². The van der Waals surface area contributed by atoms with Gasteiger partial charge in [0.25, 0.3) is 0 Å². The first kappa shape index (κ1) is 10.9. The minimum Gasteiger partial charge on any atom is -0.490 e. The lowest BCUT2D eigenvalue weighted by atomic mass is 10.0. The number of fused-ring (bicyclic) bond motifs is 1. The fraction of sp³-hybridized carbons (Fsp3) is 0.600. The van der Waals surface area contributed by atoms with Gasteiger partial charge in [-0.25, -0.2) is 0 Å². The average molecular weight is 231 g/mol. The van der Waals surface area contributed by atoms with E-state index >= 15 is 0 Å². The molecule has 17 heavy (non-hydrogen) atoms. The van der Waals surface area contributed by atoms with Gasteiger partial charge in [0.1, 0.15) is 5.75 Å². The first-order valence-electron chi connectivity index (χ1n) is 6.85. The van der Waals surface area contributed by atoms with E-state index in [9.17, 15) is 0 Å². The van der Waals surface area contributed by atoms with Crippen molar-refractivity contribution in [1.82, 2.24) is 0 Å². The number of rotatable bonds is 2. The minimum atomic E-state index is 0.444. The molecular formula is C15H21NO. The Hall–Kier alpha value is -1.18. The lowest BCUT2D eigenvalue weighted by Crippen LogP contribution is -2.14. The molecule has 1 heterocycles. The Morgan fingerprint density at radius 3 is 3.06 bits per heavy atom. The van der Waals surface area contributed by atoms with Crippen LogP contribution in [0.4, 0.5) is 5.69 Å². The summed E-state index contributed by atoms with van der Waals surface area (Å²) >= 11 is 0. The Kier molecular flexibility index (Phi) is 2.96. The van der Waals surface area contributed by atoms with Crippen molar-refractivity contribution in [2.75, 3.05) is 11.9 Å². The van der Waals surface area contributed by atoms with E-state index in [0.29, 0.717) is 6.10 Å². The molecule has 1 aromatic carbocycles. The highest BCUT2D eigenvalue weighted by molar-refractivity contribution is 5.55. The van der Waals surface area contributed by atoms with Crippen LogP contribution in [0.15, 0.2) is 18.2 Å². The summed E-state index contributed by atoms with van der Waals surface area (Å²) in [6.07, 6.45) is 6.61. The van der Waals surface area contributed by atoms with Gasteiger partial charge in [0, 0.05) is 12.2 Å². The standard InChI is InChI=1S/C15H21NO/c1-11-4-5-13(9-11)17-14-6-7-15-12(10-14)3-2-8-16-15/h6-7,10-11,13,16H,2-5,8-9H2,1H3. The molecule has 0 saturated heterocycles. The van der Waals surface area contributed by atoms with Crippen molar-refractivity contribution in [1.29, 1.82) is 0 Å². The summed E-state index contributed by atoms with van der Waals surface area (Å²) in [6.45, 7) is 3.42. The number of benzene rings is 1. The molecule has 1 aliphatic carbocycles. The maximum absolute atomic E-state index is 6.08. The molecule has 3 rings (SSSR count). The van der Waals surface area contributed by atoms with E-state index in [4.69, 9.17) is 4.74 Å². The van der Waals surface area contributed by atoms with E-state index in [1.54, 1.807) is 0 Å². The van der Waals surface area contributed by atoms with Crippen LogP contribution in [-0.4, -0.2) is 12.6 Å². The Balaban J connectivity index is 1.71. The fourth-order valence-corrected chi connectivity index (χ4v) is 2.98. The molecule has 2 unspecified atom stereocenters. The summed E-state index contributed by atoms with van der Waals surface area (Å²) in [5.74, 6) is 1.89. The van der Waals surface area contributed by atoms with Gasteiger partial charge in [-0.15, -0.1) is 0 Å². The van der Waals surface area contributed by atoms with E-state index in [2.05, 4.69) is 30.4 Å². The largest absolute Gasteiger partial charge is 0.490 e. The van der Waals surface area contributed by atoms with Gasteiger partial charge in [0.15, 0.2) is 0 Å². The van der Waals surface area contributed by atoms with Crippen molar-refractivity contribution in [3.63, 3.8) is 0 Å². The van der Waals surface area contributed by atoms with Crippen LogP contribution in [-0.2, 0) is 6.42 Å². The topological polar surface area (TPSA) is 21.3 Å². The molecule has 2 atom stereocenters. The molecular weight excluding hydrogens is 210 g/mol. The van der Waals surface area contributed by atoms with Gasteiger partial charge in [-0.05, 0) is 61.8 Å². The zero-order chi connectivity index (χ0) is 11.7. The van der Waals surface area contributed by atoms with Crippen molar-refractivity contribution in [3.05, 3.63) is 23.8 Å². The van der Waals surface area contributed by atoms with Crippen molar-refractivity contribution < 1.29 is 4.74 Å². The summed E-state index contributed by atoms with van der Waals surface area (Å²) in [4.78, 5) is 0. The highest BCUT2D eigenvalue weighted by atomic mass is 16.5. The fourth-order valence-electron chi connectivity index (χ4n) is 2.98. The minimum absolute atomic E-state index is 0.444. The van der Waals surface area contributed by atoms with Crippen LogP contribution in [0.3, 0.4) is 0 Å². The van der Waals surface area contributed by atoms with Crippen LogP contribution in [0.1, 0.15) is 38.2 Å². The van der Waals surface area contributed by atoms with Gasteiger partial charge in [0.2, 0.25) is 0 Å². The summed E-state index contributed by atoms with van der Waals surface area (Å²) < 4.78 is 6.08. The lowest BCUT2D eigenvalue weighted by molar-refractivity contribution is 0.205. The average Bonchev–Trinajstić information content (AvgIpc) is 2.75. The smallest absolute Gasteiger partial charge is 0.120 e. The summed E-state index contributed by atoms with van der Waals surface area (Å²) in [5.41, 5.74) is 2.71.